The van der Waals surface area contributed by atoms with Gasteiger partial charge >= 0.3 is 0 Å². The largest absolute Gasteiger partial charge is 0.496 e. The second-order valence-electron chi connectivity index (χ2n) is 7.88. The molecule has 2 aliphatic rings. The SMILES string of the molecule is COc1ccc(CC(=O)N2CCCN(C(=O)C3CCCCC3)CC2)cc1C. The Kier molecular flexibility index (Phi) is 6.75. The molecule has 1 saturated heterocycles. The summed E-state index contributed by atoms with van der Waals surface area (Å²) in [5.41, 5.74) is 2.06. The van der Waals surface area contributed by atoms with Gasteiger partial charge in [-0.2, -0.15) is 0 Å². The van der Waals surface area contributed by atoms with Crippen LogP contribution in [0.1, 0.15) is 49.7 Å². The first kappa shape index (κ1) is 19.7. The highest BCUT2D eigenvalue weighted by atomic mass is 16.5. The Bertz CT molecular complexity index is 668. The summed E-state index contributed by atoms with van der Waals surface area (Å²) in [7, 11) is 1.66. The Balaban J connectivity index is 1.54. The molecule has 3 rings (SSSR count). The zero-order chi connectivity index (χ0) is 19.2. The van der Waals surface area contributed by atoms with E-state index < -0.39 is 0 Å². The van der Waals surface area contributed by atoms with Gasteiger partial charge in [0.1, 0.15) is 5.75 Å². The minimum absolute atomic E-state index is 0.145. The van der Waals surface area contributed by atoms with Crippen LogP contribution < -0.4 is 4.74 Å². The Labute approximate surface area is 162 Å². The molecule has 148 valence electrons. The highest BCUT2D eigenvalue weighted by Gasteiger charge is 2.28. The number of methoxy groups -OCH3 is 1. The van der Waals surface area contributed by atoms with E-state index >= 15 is 0 Å². The van der Waals surface area contributed by atoms with Crippen LogP contribution in [0.5, 0.6) is 5.75 Å². The van der Waals surface area contributed by atoms with Crippen molar-refractivity contribution in [1.29, 1.82) is 0 Å². The second kappa shape index (κ2) is 9.25. The molecule has 0 atom stereocenters. The van der Waals surface area contributed by atoms with E-state index in [0.29, 0.717) is 25.4 Å². The summed E-state index contributed by atoms with van der Waals surface area (Å²) < 4.78 is 5.29. The summed E-state index contributed by atoms with van der Waals surface area (Å²) in [5, 5.41) is 0. The third kappa shape index (κ3) is 5.02. The van der Waals surface area contributed by atoms with E-state index in [1.807, 2.05) is 34.9 Å². The number of nitrogens with zero attached hydrogens (tertiary/aromatic N) is 2. The van der Waals surface area contributed by atoms with Crippen LogP contribution >= 0.6 is 0 Å². The van der Waals surface area contributed by atoms with Crippen molar-refractivity contribution in [2.75, 3.05) is 33.3 Å². The number of hydrogen-bond acceptors (Lipinski definition) is 3. The Morgan fingerprint density at radius 3 is 2.41 bits per heavy atom. The zero-order valence-corrected chi connectivity index (χ0v) is 16.7. The molecule has 5 nitrogen and oxygen atoms in total. The number of aryl methyl sites for hydroxylation is 1. The Morgan fingerprint density at radius 1 is 1.00 bits per heavy atom. The van der Waals surface area contributed by atoms with Crippen molar-refractivity contribution in [3.05, 3.63) is 29.3 Å². The van der Waals surface area contributed by atoms with Gasteiger partial charge in [-0.1, -0.05) is 31.4 Å². The molecule has 0 spiro atoms. The number of rotatable bonds is 4. The normalized spacial score (nSPS) is 18.9. The van der Waals surface area contributed by atoms with E-state index in [9.17, 15) is 9.59 Å². The van der Waals surface area contributed by atoms with Crippen molar-refractivity contribution in [2.24, 2.45) is 5.92 Å². The molecule has 0 radical (unpaired) electrons. The van der Waals surface area contributed by atoms with Crippen LogP contribution in [0.4, 0.5) is 0 Å². The van der Waals surface area contributed by atoms with Gasteiger partial charge in [-0.15, -0.1) is 0 Å². The quantitative estimate of drug-likeness (QED) is 0.816. The lowest BCUT2D eigenvalue weighted by atomic mass is 9.88. The molecule has 0 bridgehead atoms. The highest BCUT2D eigenvalue weighted by molar-refractivity contribution is 5.80. The fourth-order valence-corrected chi connectivity index (χ4v) is 4.33. The van der Waals surface area contributed by atoms with Gasteiger partial charge in [0.2, 0.25) is 11.8 Å². The first-order chi connectivity index (χ1) is 13.1. The van der Waals surface area contributed by atoms with E-state index in [4.69, 9.17) is 4.74 Å². The van der Waals surface area contributed by atoms with Gasteiger partial charge < -0.3 is 14.5 Å². The molecule has 1 aliphatic carbocycles. The molecule has 0 unspecified atom stereocenters. The molecule has 0 aromatic heterocycles. The van der Waals surface area contributed by atoms with Crippen molar-refractivity contribution >= 4 is 11.8 Å². The van der Waals surface area contributed by atoms with Crippen molar-refractivity contribution in [3.8, 4) is 5.75 Å². The Hall–Kier alpha value is -2.04. The second-order valence-corrected chi connectivity index (χ2v) is 7.88. The van der Waals surface area contributed by atoms with Gasteiger partial charge in [-0.3, -0.25) is 9.59 Å². The van der Waals surface area contributed by atoms with Gasteiger partial charge in [-0.05, 0) is 43.4 Å². The van der Waals surface area contributed by atoms with Crippen LogP contribution in [0.3, 0.4) is 0 Å². The molecule has 1 aliphatic heterocycles. The van der Waals surface area contributed by atoms with E-state index in [-0.39, 0.29) is 11.8 Å². The average molecular weight is 373 g/mol. The van der Waals surface area contributed by atoms with Gasteiger partial charge in [0, 0.05) is 32.1 Å². The first-order valence-electron chi connectivity index (χ1n) is 10.3. The highest BCUT2D eigenvalue weighted by Crippen LogP contribution is 2.26. The summed E-state index contributed by atoms with van der Waals surface area (Å²) >= 11 is 0. The molecular formula is C22H32N2O3. The minimum Gasteiger partial charge on any atom is -0.496 e. The number of hydrogen-bond donors (Lipinski definition) is 0. The van der Waals surface area contributed by atoms with Crippen molar-refractivity contribution < 1.29 is 14.3 Å². The predicted octanol–water partition coefficient (Wildman–Crippen LogP) is 3.19. The fraction of sp³-hybridized carbons (Fsp3) is 0.636. The smallest absolute Gasteiger partial charge is 0.227 e. The minimum atomic E-state index is 0.145. The third-order valence-electron chi connectivity index (χ3n) is 5.93. The van der Waals surface area contributed by atoms with Crippen molar-refractivity contribution in [1.82, 2.24) is 9.80 Å². The average Bonchev–Trinajstić information content (AvgIpc) is 2.94. The van der Waals surface area contributed by atoms with E-state index in [1.54, 1.807) is 7.11 Å². The molecule has 1 aromatic carbocycles. The maximum atomic E-state index is 12.8. The van der Waals surface area contributed by atoms with E-state index in [2.05, 4.69) is 0 Å². The molecule has 1 saturated carbocycles. The lowest BCUT2D eigenvalue weighted by Gasteiger charge is -2.28. The maximum Gasteiger partial charge on any atom is 0.227 e. The van der Waals surface area contributed by atoms with Gasteiger partial charge in [0.25, 0.3) is 0 Å². The van der Waals surface area contributed by atoms with Crippen LogP contribution in [0.25, 0.3) is 0 Å². The van der Waals surface area contributed by atoms with Crippen LogP contribution in [-0.4, -0.2) is 54.9 Å². The number of carbonyl (C=O) groups excluding carboxylic acids is 2. The van der Waals surface area contributed by atoms with Crippen molar-refractivity contribution in [2.45, 2.75) is 51.9 Å². The standard InChI is InChI=1S/C22H32N2O3/c1-17-15-18(9-10-20(17)27-2)16-21(25)23-11-6-12-24(14-13-23)22(26)19-7-4-3-5-8-19/h9-10,15,19H,3-8,11-14,16H2,1-2H3. The molecule has 27 heavy (non-hydrogen) atoms. The predicted molar refractivity (Wildman–Crippen MR) is 106 cm³/mol. The molecule has 2 amide bonds. The molecule has 2 fully saturated rings. The van der Waals surface area contributed by atoms with Gasteiger partial charge in [0.05, 0.1) is 13.5 Å². The number of ether oxygens (including phenoxy) is 1. The number of benzene rings is 1. The molecular weight excluding hydrogens is 340 g/mol. The summed E-state index contributed by atoms with van der Waals surface area (Å²) in [4.78, 5) is 29.5. The molecule has 0 N–H and O–H groups in total. The van der Waals surface area contributed by atoms with Crippen LogP contribution in [0, 0.1) is 12.8 Å². The van der Waals surface area contributed by atoms with Crippen molar-refractivity contribution in [3.63, 3.8) is 0 Å². The summed E-state index contributed by atoms with van der Waals surface area (Å²) in [6.07, 6.45) is 6.96. The molecule has 1 aromatic rings. The summed E-state index contributed by atoms with van der Waals surface area (Å²) in [5.74, 6) is 1.52. The topological polar surface area (TPSA) is 49.9 Å². The van der Waals surface area contributed by atoms with Gasteiger partial charge in [0.15, 0.2) is 0 Å². The van der Waals surface area contributed by atoms with Crippen LogP contribution in [0.15, 0.2) is 18.2 Å². The first-order valence-corrected chi connectivity index (χ1v) is 10.3. The van der Waals surface area contributed by atoms with Crippen LogP contribution in [0.2, 0.25) is 0 Å². The number of amides is 2. The molecule has 1 heterocycles. The summed E-state index contributed by atoms with van der Waals surface area (Å²) in [6.45, 7) is 4.83. The third-order valence-corrected chi connectivity index (χ3v) is 5.93. The lowest BCUT2D eigenvalue weighted by molar-refractivity contribution is -0.137. The lowest BCUT2D eigenvalue weighted by Crippen LogP contribution is -2.40. The van der Waals surface area contributed by atoms with E-state index in [1.165, 1.54) is 19.3 Å². The monoisotopic (exact) mass is 372 g/mol. The van der Waals surface area contributed by atoms with Crippen LogP contribution in [-0.2, 0) is 16.0 Å². The van der Waals surface area contributed by atoms with E-state index in [0.717, 1.165) is 49.2 Å². The summed E-state index contributed by atoms with van der Waals surface area (Å²) in [6, 6.07) is 5.90. The fourth-order valence-electron chi connectivity index (χ4n) is 4.33. The maximum absolute atomic E-state index is 12.8. The Morgan fingerprint density at radius 2 is 1.70 bits per heavy atom. The van der Waals surface area contributed by atoms with Gasteiger partial charge in [-0.25, -0.2) is 0 Å². The molecule has 5 heteroatoms. The number of carbonyl (C=O) groups is 2. The zero-order valence-electron chi connectivity index (χ0n) is 16.7.